The van der Waals surface area contributed by atoms with Crippen molar-refractivity contribution in [3.05, 3.63) is 92.7 Å². The quantitative estimate of drug-likeness (QED) is 0.281. The Kier molecular flexibility index (Phi) is 5.81. The third-order valence-corrected chi connectivity index (χ3v) is 6.03. The molecular weight excluding hydrogens is 427 g/mol. The zero-order chi connectivity index (χ0) is 20.4. The van der Waals surface area contributed by atoms with E-state index in [0.29, 0.717) is 43.3 Å². The summed E-state index contributed by atoms with van der Waals surface area (Å²) in [5.41, 5.74) is 2.05. The van der Waals surface area contributed by atoms with Gasteiger partial charge in [0.15, 0.2) is 5.16 Å². The minimum Gasteiger partial charge on any atom is -0.495 e. The van der Waals surface area contributed by atoms with Crippen LogP contribution in [0.3, 0.4) is 0 Å². The first-order valence-electron chi connectivity index (χ1n) is 8.80. The highest BCUT2D eigenvalue weighted by atomic mass is 35.5. The molecule has 0 fully saturated rings. The van der Waals surface area contributed by atoms with Gasteiger partial charge in [0.25, 0.3) is 5.56 Å². The number of ether oxygens (including phenoxy) is 1. The smallest absolute Gasteiger partial charge is 0.266 e. The zero-order valence-electron chi connectivity index (χ0n) is 15.4. The lowest BCUT2D eigenvalue weighted by Crippen LogP contribution is -2.22. The van der Waals surface area contributed by atoms with Gasteiger partial charge in [-0.3, -0.25) is 9.36 Å². The van der Waals surface area contributed by atoms with Crippen molar-refractivity contribution >= 4 is 45.9 Å². The third kappa shape index (κ3) is 3.99. The highest BCUT2D eigenvalue weighted by Crippen LogP contribution is 2.34. The van der Waals surface area contributed by atoms with Crippen LogP contribution in [0.15, 0.2) is 76.7 Å². The fourth-order valence-corrected chi connectivity index (χ4v) is 4.50. The molecule has 3 aromatic carbocycles. The lowest BCUT2D eigenvalue weighted by Gasteiger charge is -2.16. The van der Waals surface area contributed by atoms with Gasteiger partial charge in [-0.05, 0) is 23.8 Å². The highest BCUT2D eigenvalue weighted by Gasteiger charge is 2.18. The van der Waals surface area contributed by atoms with Gasteiger partial charge in [0, 0.05) is 11.8 Å². The topological polar surface area (TPSA) is 44.1 Å². The van der Waals surface area contributed by atoms with Crippen molar-refractivity contribution in [3.8, 4) is 11.4 Å². The molecule has 0 saturated carbocycles. The predicted octanol–water partition coefficient (Wildman–Crippen LogP) is 5.99. The van der Waals surface area contributed by atoms with Crippen molar-refractivity contribution in [2.45, 2.75) is 10.9 Å². The van der Waals surface area contributed by atoms with E-state index >= 15 is 0 Å². The van der Waals surface area contributed by atoms with Crippen LogP contribution in [0, 0.1) is 0 Å². The molecule has 0 unspecified atom stereocenters. The number of methoxy groups -OCH3 is 1. The second kappa shape index (κ2) is 8.49. The Morgan fingerprint density at radius 1 is 1.00 bits per heavy atom. The maximum Gasteiger partial charge on any atom is 0.266 e. The largest absolute Gasteiger partial charge is 0.495 e. The molecule has 29 heavy (non-hydrogen) atoms. The van der Waals surface area contributed by atoms with Crippen molar-refractivity contribution in [1.29, 1.82) is 0 Å². The van der Waals surface area contributed by atoms with Gasteiger partial charge in [-0.15, -0.1) is 0 Å². The first-order valence-corrected chi connectivity index (χ1v) is 10.5. The standard InChI is InChI=1S/C22H16Cl2N2O2S/c1-28-20-12-19(16(23)11-17(20)24)26-21(27)15-9-5-6-10-18(15)25-22(26)29-13-14-7-3-2-4-8-14/h2-12H,13H2,1H3. The van der Waals surface area contributed by atoms with Gasteiger partial charge in [0.1, 0.15) is 5.75 Å². The molecule has 0 saturated heterocycles. The van der Waals surface area contributed by atoms with Gasteiger partial charge < -0.3 is 4.74 Å². The van der Waals surface area contributed by atoms with Crippen LogP contribution in [0.25, 0.3) is 16.6 Å². The summed E-state index contributed by atoms with van der Waals surface area (Å²) in [5, 5.41) is 1.78. The molecule has 0 N–H and O–H groups in total. The zero-order valence-corrected chi connectivity index (χ0v) is 17.8. The van der Waals surface area contributed by atoms with E-state index in [1.165, 1.54) is 23.4 Å². The van der Waals surface area contributed by atoms with E-state index in [-0.39, 0.29) is 5.56 Å². The van der Waals surface area contributed by atoms with Crippen LogP contribution >= 0.6 is 35.0 Å². The Morgan fingerprint density at radius 3 is 2.48 bits per heavy atom. The SMILES string of the molecule is COc1cc(-n2c(SCc3ccccc3)nc3ccccc3c2=O)c(Cl)cc1Cl. The monoisotopic (exact) mass is 442 g/mol. The molecule has 0 aliphatic rings. The minimum atomic E-state index is -0.197. The molecule has 0 radical (unpaired) electrons. The number of thioether (sulfide) groups is 1. The maximum absolute atomic E-state index is 13.4. The fourth-order valence-electron chi connectivity index (χ4n) is 2.99. The van der Waals surface area contributed by atoms with Crippen LogP contribution in [0.2, 0.25) is 10.0 Å². The van der Waals surface area contributed by atoms with Crippen LogP contribution < -0.4 is 10.3 Å². The summed E-state index contributed by atoms with van der Waals surface area (Å²) >= 11 is 14.1. The first kappa shape index (κ1) is 19.8. The van der Waals surface area contributed by atoms with Crippen molar-refractivity contribution in [1.82, 2.24) is 9.55 Å². The second-order valence-electron chi connectivity index (χ2n) is 6.26. The minimum absolute atomic E-state index is 0.197. The average Bonchev–Trinajstić information content (AvgIpc) is 2.74. The van der Waals surface area contributed by atoms with Gasteiger partial charge in [-0.25, -0.2) is 4.98 Å². The van der Waals surface area contributed by atoms with Gasteiger partial charge in [-0.2, -0.15) is 0 Å². The number of aromatic nitrogens is 2. The van der Waals surface area contributed by atoms with Crippen LogP contribution in [-0.2, 0) is 5.75 Å². The molecule has 0 aliphatic heterocycles. The highest BCUT2D eigenvalue weighted by molar-refractivity contribution is 7.98. The fraction of sp³-hybridized carbons (Fsp3) is 0.0909. The number of fused-ring (bicyclic) bond motifs is 1. The van der Waals surface area contributed by atoms with E-state index in [2.05, 4.69) is 0 Å². The molecule has 4 rings (SSSR count). The van der Waals surface area contributed by atoms with Crippen molar-refractivity contribution in [2.75, 3.05) is 7.11 Å². The summed E-state index contributed by atoms with van der Waals surface area (Å²) in [7, 11) is 1.52. The van der Waals surface area contributed by atoms with E-state index in [4.69, 9.17) is 32.9 Å². The Morgan fingerprint density at radius 2 is 1.72 bits per heavy atom. The van der Waals surface area contributed by atoms with Crippen LogP contribution in [0.5, 0.6) is 5.75 Å². The predicted molar refractivity (Wildman–Crippen MR) is 120 cm³/mol. The first-order chi connectivity index (χ1) is 14.1. The molecule has 4 aromatic rings. The summed E-state index contributed by atoms with van der Waals surface area (Å²) < 4.78 is 6.85. The Bertz CT molecular complexity index is 1240. The molecule has 0 aliphatic carbocycles. The van der Waals surface area contributed by atoms with E-state index in [1.54, 1.807) is 18.2 Å². The number of rotatable bonds is 5. The molecule has 7 heteroatoms. The summed E-state index contributed by atoms with van der Waals surface area (Å²) in [6, 6.07) is 20.5. The average molecular weight is 443 g/mol. The molecule has 0 bridgehead atoms. The number of benzene rings is 3. The van der Waals surface area contributed by atoms with Crippen molar-refractivity contribution in [3.63, 3.8) is 0 Å². The molecule has 0 spiro atoms. The van der Waals surface area contributed by atoms with Crippen molar-refractivity contribution in [2.24, 2.45) is 0 Å². The molecular formula is C22H16Cl2N2O2S. The van der Waals surface area contributed by atoms with Gasteiger partial charge >= 0.3 is 0 Å². The molecule has 146 valence electrons. The molecule has 1 aromatic heterocycles. The van der Waals surface area contributed by atoms with Gasteiger partial charge in [0.2, 0.25) is 0 Å². The lowest BCUT2D eigenvalue weighted by atomic mass is 10.2. The van der Waals surface area contributed by atoms with Crippen LogP contribution in [-0.4, -0.2) is 16.7 Å². The van der Waals surface area contributed by atoms with E-state index < -0.39 is 0 Å². The maximum atomic E-state index is 13.4. The summed E-state index contributed by atoms with van der Waals surface area (Å²) in [6.07, 6.45) is 0. The van der Waals surface area contributed by atoms with E-state index in [0.717, 1.165) is 5.56 Å². The van der Waals surface area contributed by atoms with Gasteiger partial charge in [0.05, 0.1) is 33.7 Å². The third-order valence-electron chi connectivity index (χ3n) is 4.42. The molecule has 0 atom stereocenters. The summed E-state index contributed by atoms with van der Waals surface area (Å²) in [5.74, 6) is 1.10. The number of halogens is 2. The second-order valence-corrected chi connectivity index (χ2v) is 8.02. The van der Waals surface area contributed by atoms with Crippen LogP contribution in [0.1, 0.15) is 5.56 Å². The Labute approximate surface area is 182 Å². The molecule has 4 nitrogen and oxygen atoms in total. The molecule has 0 amide bonds. The number of hydrogen-bond acceptors (Lipinski definition) is 4. The van der Waals surface area contributed by atoms with E-state index in [1.807, 2.05) is 48.5 Å². The van der Waals surface area contributed by atoms with E-state index in [9.17, 15) is 4.79 Å². The normalized spacial score (nSPS) is 11.0. The number of nitrogens with zero attached hydrogens (tertiary/aromatic N) is 2. The Hall–Kier alpha value is -2.47. The summed E-state index contributed by atoms with van der Waals surface area (Å²) in [6.45, 7) is 0. The number of hydrogen-bond donors (Lipinski definition) is 0. The van der Waals surface area contributed by atoms with Crippen molar-refractivity contribution < 1.29 is 4.74 Å². The molecule has 1 heterocycles. The lowest BCUT2D eigenvalue weighted by molar-refractivity contribution is 0.414. The number of para-hydroxylation sites is 1. The van der Waals surface area contributed by atoms with Gasteiger partial charge in [-0.1, -0.05) is 77.4 Å². The summed E-state index contributed by atoms with van der Waals surface area (Å²) in [4.78, 5) is 18.1. The Balaban J connectivity index is 1.92. The van der Waals surface area contributed by atoms with Crippen LogP contribution in [0.4, 0.5) is 0 Å².